The van der Waals surface area contributed by atoms with Crippen LogP contribution in [-0.4, -0.2) is 38.3 Å². The topological polar surface area (TPSA) is 69.7 Å². The van der Waals surface area contributed by atoms with Crippen molar-refractivity contribution in [2.75, 3.05) is 13.2 Å². The Morgan fingerprint density at radius 1 is 0.967 bits per heavy atom. The van der Waals surface area contributed by atoms with E-state index in [0.29, 0.717) is 11.1 Å². The number of ether oxygens (including phenoxy) is 2. The number of carbonyl (C=O) groups excluding carboxylic acids is 1. The van der Waals surface area contributed by atoms with E-state index in [1.54, 1.807) is 45.0 Å². The molecule has 2 aromatic rings. The van der Waals surface area contributed by atoms with Crippen molar-refractivity contribution in [3.05, 3.63) is 65.2 Å². The minimum absolute atomic E-state index is 0.00155. The van der Waals surface area contributed by atoms with Crippen molar-refractivity contribution in [3.8, 4) is 5.75 Å². The van der Waals surface area contributed by atoms with Crippen LogP contribution < -0.4 is 4.74 Å². The van der Waals surface area contributed by atoms with Gasteiger partial charge in [-0.3, -0.25) is 4.79 Å². The maximum absolute atomic E-state index is 12.6. The average molecular weight is 431 g/mol. The van der Waals surface area contributed by atoms with Crippen molar-refractivity contribution in [1.29, 1.82) is 0 Å². The summed E-state index contributed by atoms with van der Waals surface area (Å²) >= 11 is 0. The van der Waals surface area contributed by atoms with Crippen LogP contribution in [0.2, 0.25) is 0 Å². The third-order valence-corrected chi connectivity index (χ3v) is 7.90. The van der Waals surface area contributed by atoms with Crippen molar-refractivity contribution in [3.63, 3.8) is 0 Å². The molecule has 3 rings (SSSR count). The Labute approximate surface area is 179 Å². The van der Waals surface area contributed by atoms with Crippen molar-refractivity contribution in [1.82, 2.24) is 0 Å². The molecule has 0 aromatic heterocycles. The minimum atomic E-state index is -3.25. The van der Waals surface area contributed by atoms with E-state index in [2.05, 4.69) is 0 Å². The molecule has 1 saturated heterocycles. The van der Waals surface area contributed by atoms with E-state index in [9.17, 15) is 13.2 Å². The number of carbonyl (C=O) groups is 1. The van der Waals surface area contributed by atoms with Crippen LogP contribution in [0.3, 0.4) is 0 Å². The molecule has 1 aliphatic rings. The van der Waals surface area contributed by atoms with Crippen LogP contribution in [0, 0.1) is 0 Å². The van der Waals surface area contributed by atoms with Gasteiger partial charge in [-0.1, -0.05) is 36.4 Å². The highest BCUT2D eigenvalue weighted by atomic mass is 32.2. The van der Waals surface area contributed by atoms with Crippen molar-refractivity contribution >= 4 is 15.6 Å². The summed E-state index contributed by atoms with van der Waals surface area (Å²) in [7, 11) is -3.25. The molecular weight excluding hydrogens is 400 g/mol. The fourth-order valence-electron chi connectivity index (χ4n) is 3.18. The van der Waals surface area contributed by atoms with Gasteiger partial charge in [-0.05, 0) is 44.0 Å². The largest absolute Gasteiger partial charge is 0.490 e. The molecular formula is C24H30O5S. The molecule has 0 unspecified atom stereocenters. The van der Waals surface area contributed by atoms with Crippen LogP contribution in [0.25, 0.3) is 0 Å². The predicted octanol–water partition coefficient (Wildman–Crippen LogP) is 4.38. The van der Waals surface area contributed by atoms with Crippen molar-refractivity contribution in [2.45, 2.75) is 56.6 Å². The highest BCUT2D eigenvalue weighted by molar-refractivity contribution is 7.91. The van der Waals surface area contributed by atoms with Crippen LogP contribution in [0.15, 0.2) is 48.5 Å². The van der Waals surface area contributed by atoms with E-state index < -0.39 is 14.6 Å². The van der Waals surface area contributed by atoms with Crippen LogP contribution in [-0.2, 0) is 26.7 Å². The molecule has 5 nitrogen and oxygen atoms in total. The number of sulfone groups is 1. The Hall–Kier alpha value is -2.18. The number of Topliss-reactive ketones (excluding diaryl/α,β-unsaturated/α-hetero) is 1. The van der Waals surface area contributed by atoms with Gasteiger partial charge in [-0.25, -0.2) is 8.42 Å². The number of hydrogen-bond acceptors (Lipinski definition) is 5. The molecule has 0 radical (unpaired) electrons. The molecule has 6 heteroatoms. The molecule has 0 aliphatic carbocycles. The second kappa shape index (κ2) is 9.31. The molecule has 0 atom stereocenters. The summed E-state index contributed by atoms with van der Waals surface area (Å²) in [5.41, 5.74) is 2.18. The number of rotatable bonds is 7. The summed E-state index contributed by atoms with van der Waals surface area (Å²) < 4.78 is 35.2. The van der Waals surface area contributed by atoms with Gasteiger partial charge in [0, 0.05) is 24.8 Å². The SMILES string of the molecule is CC(C)(C)S(=O)(=O)Cc1ccc(C(=O)Cc2ccc(OC3CCOCC3)cc2)cc1. The van der Waals surface area contributed by atoms with Crippen molar-refractivity contribution < 1.29 is 22.7 Å². The van der Waals surface area contributed by atoms with Gasteiger partial charge in [0.05, 0.1) is 23.7 Å². The summed E-state index contributed by atoms with van der Waals surface area (Å²) in [5.74, 6) is 0.778. The smallest absolute Gasteiger partial charge is 0.167 e. The summed E-state index contributed by atoms with van der Waals surface area (Å²) in [6, 6.07) is 14.5. The first-order chi connectivity index (χ1) is 14.1. The lowest BCUT2D eigenvalue weighted by molar-refractivity contribution is 0.0255. The minimum Gasteiger partial charge on any atom is -0.490 e. The molecule has 30 heavy (non-hydrogen) atoms. The normalized spacial score (nSPS) is 15.7. The molecule has 0 saturated carbocycles. The Bertz CT molecular complexity index is 948. The highest BCUT2D eigenvalue weighted by Crippen LogP contribution is 2.22. The lowest BCUT2D eigenvalue weighted by Gasteiger charge is -2.23. The lowest BCUT2D eigenvalue weighted by atomic mass is 10.0. The zero-order chi connectivity index (χ0) is 21.8. The monoisotopic (exact) mass is 430 g/mol. The van der Waals surface area contributed by atoms with Crippen LogP contribution >= 0.6 is 0 Å². The first-order valence-corrected chi connectivity index (χ1v) is 12.0. The first kappa shape index (κ1) is 22.5. The fourth-order valence-corrected chi connectivity index (χ4v) is 4.25. The van der Waals surface area contributed by atoms with E-state index in [1.165, 1.54) is 0 Å². The van der Waals surface area contributed by atoms with Gasteiger partial charge in [0.1, 0.15) is 11.9 Å². The van der Waals surface area contributed by atoms with E-state index in [1.807, 2.05) is 24.3 Å². The third kappa shape index (κ3) is 5.92. The Balaban J connectivity index is 1.58. The summed E-state index contributed by atoms with van der Waals surface area (Å²) in [6.45, 7) is 6.55. The van der Waals surface area contributed by atoms with Crippen molar-refractivity contribution in [2.24, 2.45) is 0 Å². The maximum Gasteiger partial charge on any atom is 0.167 e. The highest BCUT2D eigenvalue weighted by Gasteiger charge is 2.28. The molecule has 1 heterocycles. The molecule has 0 amide bonds. The third-order valence-electron chi connectivity index (χ3n) is 5.32. The Morgan fingerprint density at radius 3 is 2.10 bits per heavy atom. The zero-order valence-corrected chi connectivity index (χ0v) is 18.7. The second-order valence-electron chi connectivity index (χ2n) is 8.74. The molecule has 1 aliphatic heterocycles. The molecule has 0 N–H and O–H groups in total. The van der Waals surface area contributed by atoms with Gasteiger partial charge in [0.25, 0.3) is 0 Å². The van der Waals surface area contributed by atoms with Gasteiger partial charge in [-0.2, -0.15) is 0 Å². The summed E-state index contributed by atoms with van der Waals surface area (Å²) in [4.78, 5) is 12.6. The molecule has 0 spiro atoms. The number of ketones is 1. The first-order valence-electron chi connectivity index (χ1n) is 10.3. The van der Waals surface area contributed by atoms with E-state index in [0.717, 1.165) is 37.4 Å². The Kier molecular flexibility index (Phi) is 6.98. The standard InChI is InChI=1S/C24H30O5S/c1-24(2,3)30(26,27)17-19-4-8-20(9-5-19)23(25)16-18-6-10-21(11-7-18)29-22-12-14-28-15-13-22/h4-11,22H,12-17H2,1-3H3. The van der Waals surface area contributed by atoms with Gasteiger partial charge in [0.15, 0.2) is 15.6 Å². The molecule has 0 bridgehead atoms. The van der Waals surface area contributed by atoms with Gasteiger partial charge < -0.3 is 9.47 Å². The van der Waals surface area contributed by atoms with Crippen LogP contribution in [0.5, 0.6) is 5.75 Å². The molecule has 1 fully saturated rings. The average Bonchev–Trinajstić information content (AvgIpc) is 2.70. The van der Waals surface area contributed by atoms with Gasteiger partial charge >= 0.3 is 0 Å². The maximum atomic E-state index is 12.6. The quantitative estimate of drug-likeness (QED) is 0.610. The molecule has 2 aromatic carbocycles. The number of hydrogen-bond donors (Lipinski definition) is 0. The van der Waals surface area contributed by atoms with Gasteiger partial charge in [0.2, 0.25) is 0 Å². The summed E-state index contributed by atoms with van der Waals surface area (Å²) in [6.07, 6.45) is 2.27. The number of benzene rings is 2. The van der Waals surface area contributed by atoms with Gasteiger partial charge in [-0.15, -0.1) is 0 Å². The predicted molar refractivity (Wildman–Crippen MR) is 118 cm³/mol. The molecule has 162 valence electrons. The summed E-state index contributed by atoms with van der Waals surface area (Å²) in [5, 5.41) is 0. The second-order valence-corrected chi connectivity index (χ2v) is 11.5. The lowest BCUT2D eigenvalue weighted by Crippen LogP contribution is -2.29. The van der Waals surface area contributed by atoms with E-state index in [4.69, 9.17) is 9.47 Å². The fraction of sp³-hybridized carbons (Fsp3) is 0.458. The van der Waals surface area contributed by atoms with E-state index in [-0.39, 0.29) is 24.1 Å². The van der Waals surface area contributed by atoms with E-state index >= 15 is 0 Å². The van der Waals surface area contributed by atoms with Crippen LogP contribution in [0.4, 0.5) is 0 Å². The van der Waals surface area contributed by atoms with Crippen LogP contribution in [0.1, 0.15) is 55.1 Å². The Morgan fingerprint density at radius 2 is 1.53 bits per heavy atom. The zero-order valence-electron chi connectivity index (χ0n) is 17.9.